The number of nitrogen functional groups attached to an aromatic ring is 1. The lowest BCUT2D eigenvalue weighted by molar-refractivity contribution is -0.384. The summed E-state index contributed by atoms with van der Waals surface area (Å²) in [6.07, 6.45) is 0.824. The van der Waals surface area contributed by atoms with Gasteiger partial charge in [-0.3, -0.25) is 16.0 Å². The van der Waals surface area contributed by atoms with Gasteiger partial charge in [-0.25, -0.2) is 0 Å². The topological polar surface area (TPSA) is 102 Å². The van der Waals surface area contributed by atoms with Gasteiger partial charge in [0, 0.05) is 38.1 Å². The van der Waals surface area contributed by atoms with Crippen molar-refractivity contribution >= 4 is 17.1 Å². The van der Waals surface area contributed by atoms with E-state index in [0.717, 1.165) is 6.42 Å². The van der Waals surface area contributed by atoms with E-state index < -0.39 is 4.92 Å². The quantitative estimate of drug-likeness (QED) is 0.287. The van der Waals surface area contributed by atoms with Crippen LogP contribution in [0.5, 0.6) is 0 Å². The Morgan fingerprint density at radius 3 is 2.71 bits per heavy atom. The molecule has 0 radical (unpaired) electrons. The van der Waals surface area contributed by atoms with E-state index in [1.165, 1.54) is 12.1 Å². The average molecular weight is 240 g/mol. The highest BCUT2D eigenvalue weighted by Crippen LogP contribution is 2.23. The molecule has 0 aliphatic carbocycles. The van der Waals surface area contributed by atoms with Gasteiger partial charge in [-0.05, 0) is 12.5 Å². The van der Waals surface area contributed by atoms with Crippen molar-refractivity contribution in [1.82, 2.24) is 0 Å². The third kappa shape index (κ3) is 4.25. The van der Waals surface area contributed by atoms with Crippen LogP contribution in [0.2, 0.25) is 0 Å². The van der Waals surface area contributed by atoms with Crippen LogP contribution in [0, 0.1) is 10.1 Å². The summed E-state index contributed by atoms with van der Waals surface area (Å²) < 4.78 is 4.91. The highest BCUT2D eigenvalue weighted by molar-refractivity contribution is 5.63. The number of nitrogens with two attached hydrogens (primary N) is 1. The first-order valence-corrected chi connectivity index (χ1v) is 5.16. The predicted octanol–water partition coefficient (Wildman–Crippen LogP) is 1.33. The first-order chi connectivity index (χ1) is 8.17. The van der Waals surface area contributed by atoms with Gasteiger partial charge < -0.3 is 15.5 Å². The zero-order valence-corrected chi connectivity index (χ0v) is 9.60. The molecule has 0 unspecified atom stereocenters. The molecule has 0 atom stereocenters. The first kappa shape index (κ1) is 13.2. The number of hydrazine groups is 1. The van der Waals surface area contributed by atoms with Crippen LogP contribution in [0.1, 0.15) is 6.42 Å². The van der Waals surface area contributed by atoms with Crippen molar-refractivity contribution < 1.29 is 9.66 Å². The number of nitrogens with one attached hydrogen (secondary N) is 2. The van der Waals surface area contributed by atoms with Crippen molar-refractivity contribution in [1.29, 1.82) is 0 Å². The number of non-ortho nitro benzene ring substituents is 1. The fraction of sp³-hybridized carbons (Fsp3) is 0.400. The molecule has 1 rings (SSSR count). The largest absolute Gasteiger partial charge is 0.385 e. The average Bonchev–Trinajstić information content (AvgIpc) is 2.34. The van der Waals surface area contributed by atoms with E-state index in [9.17, 15) is 10.1 Å². The summed E-state index contributed by atoms with van der Waals surface area (Å²) in [5.41, 5.74) is 3.54. The monoisotopic (exact) mass is 240 g/mol. The van der Waals surface area contributed by atoms with E-state index in [1.54, 1.807) is 13.2 Å². The molecule has 7 nitrogen and oxygen atoms in total. The molecule has 0 fully saturated rings. The molecule has 0 spiro atoms. The molecule has 0 aliphatic rings. The summed E-state index contributed by atoms with van der Waals surface area (Å²) in [5.74, 6) is 5.24. The lowest BCUT2D eigenvalue weighted by atomic mass is 10.2. The minimum Gasteiger partial charge on any atom is -0.385 e. The van der Waals surface area contributed by atoms with Crippen molar-refractivity contribution in [2.75, 3.05) is 31.0 Å². The Morgan fingerprint density at radius 2 is 2.12 bits per heavy atom. The molecule has 0 aliphatic heterocycles. The number of ether oxygens (including phenoxy) is 1. The number of nitro benzene ring substituents is 1. The minimum absolute atomic E-state index is 0.00492. The van der Waals surface area contributed by atoms with Crippen LogP contribution in [0.25, 0.3) is 0 Å². The van der Waals surface area contributed by atoms with Crippen molar-refractivity contribution in [3.05, 3.63) is 28.3 Å². The van der Waals surface area contributed by atoms with Crippen molar-refractivity contribution in [2.24, 2.45) is 5.84 Å². The number of benzene rings is 1. The van der Waals surface area contributed by atoms with Crippen LogP contribution in [0.15, 0.2) is 18.2 Å². The molecule has 94 valence electrons. The lowest BCUT2D eigenvalue weighted by Gasteiger charge is -2.08. The summed E-state index contributed by atoms with van der Waals surface area (Å²) >= 11 is 0. The molecule has 17 heavy (non-hydrogen) atoms. The summed E-state index contributed by atoms with van der Waals surface area (Å²) in [6.45, 7) is 1.32. The fourth-order valence-corrected chi connectivity index (χ4v) is 1.35. The fourth-order valence-electron chi connectivity index (χ4n) is 1.35. The SMILES string of the molecule is COCCCNc1cc(NN)cc([N+](=O)[O-])c1. The van der Waals surface area contributed by atoms with E-state index in [1.807, 2.05) is 0 Å². The van der Waals surface area contributed by atoms with Gasteiger partial charge >= 0.3 is 0 Å². The summed E-state index contributed by atoms with van der Waals surface area (Å²) in [7, 11) is 1.63. The molecule has 0 aromatic heterocycles. The normalized spacial score (nSPS) is 10.0. The van der Waals surface area contributed by atoms with Crippen LogP contribution in [-0.2, 0) is 4.74 Å². The highest BCUT2D eigenvalue weighted by Gasteiger charge is 2.08. The molecule has 0 amide bonds. The Balaban J connectivity index is 2.70. The third-order valence-electron chi connectivity index (χ3n) is 2.15. The molecule has 0 heterocycles. The summed E-state index contributed by atoms with van der Waals surface area (Å²) in [5, 5.41) is 13.8. The Bertz CT molecular complexity index is 384. The van der Waals surface area contributed by atoms with Gasteiger partial charge in [0.25, 0.3) is 5.69 Å². The van der Waals surface area contributed by atoms with E-state index in [4.69, 9.17) is 10.6 Å². The molecule has 1 aromatic rings. The molecule has 4 N–H and O–H groups in total. The maximum atomic E-state index is 10.7. The number of hydrogen-bond acceptors (Lipinski definition) is 6. The van der Waals surface area contributed by atoms with Gasteiger partial charge in [-0.15, -0.1) is 0 Å². The Morgan fingerprint density at radius 1 is 1.41 bits per heavy atom. The van der Waals surface area contributed by atoms with Gasteiger partial charge in [-0.1, -0.05) is 0 Å². The number of nitro groups is 1. The minimum atomic E-state index is -0.457. The second-order valence-electron chi connectivity index (χ2n) is 3.44. The van der Waals surface area contributed by atoms with Crippen LogP contribution in [-0.4, -0.2) is 25.2 Å². The molecule has 0 bridgehead atoms. The molecular weight excluding hydrogens is 224 g/mol. The molecule has 0 saturated heterocycles. The second kappa shape index (κ2) is 6.66. The standard InChI is InChI=1S/C10H16N4O3/c1-17-4-2-3-12-8-5-9(13-11)7-10(6-8)14(15)16/h5-7,12-13H,2-4,11H2,1H3. The zero-order chi connectivity index (χ0) is 12.7. The molecule has 7 heteroatoms. The zero-order valence-electron chi connectivity index (χ0n) is 9.60. The number of methoxy groups -OCH3 is 1. The number of nitrogens with zero attached hydrogens (tertiary/aromatic N) is 1. The maximum Gasteiger partial charge on any atom is 0.273 e. The van der Waals surface area contributed by atoms with E-state index in [2.05, 4.69) is 10.7 Å². The lowest BCUT2D eigenvalue weighted by Crippen LogP contribution is -2.09. The summed E-state index contributed by atoms with van der Waals surface area (Å²) in [4.78, 5) is 10.2. The van der Waals surface area contributed by atoms with E-state index in [-0.39, 0.29) is 5.69 Å². The van der Waals surface area contributed by atoms with Crippen LogP contribution in [0.4, 0.5) is 17.1 Å². The van der Waals surface area contributed by atoms with Crippen molar-refractivity contribution in [2.45, 2.75) is 6.42 Å². The summed E-state index contributed by atoms with van der Waals surface area (Å²) in [6, 6.07) is 4.55. The van der Waals surface area contributed by atoms with Crippen LogP contribution in [0.3, 0.4) is 0 Å². The Hall–Kier alpha value is -1.86. The highest BCUT2D eigenvalue weighted by atomic mass is 16.6. The van der Waals surface area contributed by atoms with Gasteiger partial charge in [-0.2, -0.15) is 0 Å². The van der Waals surface area contributed by atoms with Crippen LogP contribution < -0.4 is 16.6 Å². The van der Waals surface area contributed by atoms with Gasteiger partial charge in [0.1, 0.15) is 0 Å². The number of rotatable bonds is 7. The van der Waals surface area contributed by atoms with Gasteiger partial charge in [0.15, 0.2) is 0 Å². The van der Waals surface area contributed by atoms with Crippen molar-refractivity contribution in [3.63, 3.8) is 0 Å². The molecular formula is C10H16N4O3. The molecule has 0 saturated carbocycles. The van der Waals surface area contributed by atoms with E-state index in [0.29, 0.717) is 24.5 Å². The molecule has 1 aromatic carbocycles. The first-order valence-electron chi connectivity index (χ1n) is 5.16. The Kier molecular flexibility index (Phi) is 5.18. The maximum absolute atomic E-state index is 10.7. The second-order valence-corrected chi connectivity index (χ2v) is 3.44. The van der Waals surface area contributed by atoms with Crippen molar-refractivity contribution in [3.8, 4) is 0 Å². The van der Waals surface area contributed by atoms with E-state index >= 15 is 0 Å². The van der Waals surface area contributed by atoms with Gasteiger partial charge in [0.05, 0.1) is 10.6 Å². The smallest absolute Gasteiger partial charge is 0.273 e. The third-order valence-corrected chi connectivity index (χ3v) is 2.15. The Labute approximate surface area is 99.1 Å². The predicted molar refractivity (Wildman–Crippen MR) is 65.9 cm³/mol. The number of hydrogen-bond donors (Lipinski definition) is 3. The number of anilines is 2. The van der Waals surface area contributed by atoms with Crippen LogP contribution >= 0.6 is 0 Å². The van der Waals surface area contributed by atoms with Gasteiger partial charge in [0.2, 0.25) is 0 Å².